The van der Waals surface area contributed by atoms with Gasteiger partial charge >= 0.3 is 5.97 Å². The van der Waals surface area contributed by atoms with Gasteiger partial charge in [0.15, 0.2) is 0 Å². The number of carboxylic acid groups (broad SMARTS) is 1. The third-order valence-electron chi connectivity index (χ3n) is 7.98. The van der Waals surface area contributed by atoms with Crippen molar-refractivity contribution < 1.29 is 9.90 Å². The fraction of sp³-hybridized carbons (Fsp3) is 0.842. The van der Waals surface area contributed by atoms with Crippen LogP contribution in [0.25, 0.3) is 0 Å². The molecule has 0 aromatic heterocycles. The average Bonchev–Trinajstić information content (AvgIpc) is 2.92. The Morgan fingerprint density at radius 2 is 1.95 bits per heavy atom. The summed E-state index contributed by atoms with van der Waals surface area (Å²) < 4.78 is 0. The molecule has 1 unspecified atom stereocenters. The molecule has 4 aliphatic carbocycles. The number of aliphatic carboxylic acids is 1. The van der Waals surface area contributed by atoms with E-state index in [4.69, 9.17) is 0 Å². The normalized spacial score (nSPS) is 51.9. The summed E-state index contributed by atoms with van der Waals surface area (Å²) in [6.45, 7) is 2.51. The minimum absolute atomic E-state index is 0.352. The molecule has 1 N–H and O–H groups in total. The lowest BCUT2D eigenvalue weighted by molar-refractivity contribution is -0.163. The van der Waals surface area contributed by atoms with Gasteiger partial charge in [0.25, 0.3) is 0 Å². The van der Waals surface area contributed by atoms with Crippen LogP contribution in [-0.2, 0) is 4.79 Å². The summed E-state index contributed by atoms with van der Waals surface area (Å²) in [4.78, 5) is 12.0. The molecule has 0 bridgehead atoms. The van der Waals surface area contributed by atoms with Crippen molar-refractivity contribution >= 4 is 5.97 Å². The zero-order chi connectivity index (χ0) is 14.7. The number of carboxylic acids is 1. The predicted octanol–water partition coefficient (Wildman–Crippen LogP) is 4.65. The van der Waals surface area contributed by atoms with E-state index in [9.17, 15) is 9.90 Å². The summed E-state index contributed by atoms with van der Waals surface area (Å²) in [6.07, 6.45) is 15.2. The number of allylic oxidation sites excluding steroid dienone is 2. The van der Waals surface area contributed by atoms with E-state index in [2.05, 4.69) is 19.1 Å². The topological polar surface area (TPSA) is 37.3 Å². The highest BCUT2D eigenvalue weighted by molar-refractivity contribution is 5.75. The number of fused-ring (bicyclic) bond motifs is 5. The van der Waals surface area contributed by atoms with Crippen LogP contribution in [0.15, 0.2) is 12.2 Å². The molecule has 2 nitrogen and oxygen atoms in total. The van der Waals surface area contributed by atoms with Crippen LogP contribution in [-0.4, -0.2) is 11.1 Å². The van der Waals surface area contributed by atoms with Crippen molar-refractivity contribution in [2.75, 3.05) is 0 Å². The Balaban J connectivity index is 1.68. The lowest BCUT2D eigenvalue weighted by atomic mass is 9.46. The van der Waals surface area contributed by atoms with Crippen LogP contribution in [0.3, 0.4) is 0 Å². The van der Waals surface area contributed by atoms with E-state index in [-0.39, 0.29) is 5.41 Å². The summed E-state index contributed by atoms with van der Waals surface area (Å²) in [5.74, 6) is 2.29. The molecule has 6 atom stereocenters. The van der Waals surface area contributed by atoms with Gasteiger partial charge in [-0.1, -0.05) is 25.5 Å². The second-order valence-corrected chi connectivity index (χ2v) is 8.46. The van der Waals surface area contributed by atoms with Gasteiger partial charge in [0.1, 0.15) is 0 Å². The van der Waals surface area contributed by atoms with Crippen molar-refractivity contribution in [1.29, 1.82) is 0 Å². The van der Waals surface area contributed by atoms with Gasteiger partial charge in [-0.25, -0.2) is 0 Å². The van der Waals surface area contributed by atoms with Crippen LogP contribution < -0.4 is 0 Å². The molecular formula is C19H28O2. The lowest BCUT2D eigenvalue weighted by Gasteiger charge is -2.58. The molecule has 0 amide bonds. The van der Waals surface area contributed by atoms with E-state index in [0.29, 0.717) is 17.3 Å². The number of hydrogen-bond donors (Lipinski definition) is 1. The molecule has 0 heterocycles. The minimum Gasteiger partial charge on any atom is -0.481 e. The molecule has 0 saturated heterocycles. The molecule has 0 aromatic carbocycles. The summed E-state index contributed by atoms with van der Waals surface area (Å²) in [5.41, 5.74) is 0.0970. The van der Waals surface area contributed by atoms with E-state index in [1.165, 1.54) is 32.1 Å². The lowest BCUT2D eigenvalue weighted by Crippen LogP contribution is -2.53. The zero-order valence-electron chi connectivity index (χ0n) is 13.2. The Bertz CT molecular complexity index is 482. The molecule has 0 spiro atoms. The Kier molecular flexibility index (Phi) is 3.03. The summed E-state index contributed by atoms with van der Waals surface area (Å²) >= 11 is 0. The van der Waals surface area contributed by atoms with E-state index in [1.807, 2.05) is 0 Å². The molecule has 2 heteroatoms. The molecule has 0 aliphatic heterocycles. The van der Waals surface area contributed by atoms with Crippen molar-refractivity contribution in [3.05, 3.63) is 12.2 Å². The molecular weight excluding hydrogens is 260 g/mol. The fourth-order valence-corrected chi connectivity index (χ4v) is 6.86. The van der Waals surface area contributed by atoms with E-state index >= 15 is 0 Å². The monoisotopic (exact) mass is 288 g/mol. The maximum atomic E-state index is 12.0. The summed E-state index contributed by atoms with van der Waals surface area (Å²) in [5, 5.41) is 9.87. The van der Waals surface area contributed by atoms with Crippen LogP contribution in [0.5, 0.6) is 0 Å². The molecule has 3 fully saturated rings. The first kappa shape index (κ1) is 13.8. The SMILES string of the molecule is C[C@]12CC=CCC1CC[C@H]1[C@@H]3CCC[C@@]3(C(=O)O)CC[C@@H]12. The third-order valence-corrected chi connectivity index (χ3v) is 7.98. The first-order valence-electron chi connectivity index (χ1n) is 8.96. The Morgan fingerprint density at radius 3 is 2.76 bits per heavy atom. The second-order valence-electron chi connectivity index (χ2n) is 8.46. The largest absolute Gasteiger partial charge is 0.481 e. The highest BCUT2D eigenvalue weighted by atomic mass is 16.4. The smallest absolute Gasteiger partial charge is 0.309 e. The van der Waals surface area contributed by atoms with Gasteiger partial charge in [0.05, 0.1) is 5.41 Å². The van der Waals surface area contributed by atoms with Gasteiger partial charge in [-0.3, -0.25) is 4.79 Å². The van der Waals surface area contributed by atoms with E-state index < -0.39 is 5.97 Å². The molecule has 4 aliphatic rings. The second kappa shape index (κ2) is 4.60. The Hall–Kier alpha value is -0.790. The number of hydrogen-bond acceptors (Lipinski definition) is 1. The molecule has 0 radical (unpaired) electrons. The zero-order valence-corrected chi connectivity index (χ0v) is 13.2. The van der Waals surface area contributed by atoms with Crippen LogP contribution >= 0.6 is 0 Å². The highest BCUT2D eigenvalue weighted by Gasteiger charge is 2.60. The molecule has 116 valence electrons. The Morgan fingerprint density at radius 1 is 1.10 bits per heavy atom. The van der Waals surface area contributed by atoms with Crippen molar-refractivity contribution in [1.82, 2.24) is 0 Å². The quantitative estimate of drug-likeness (QED) is 0.713. The minimum atomic E-state index is -0.487. The average molecular weight is 288 g/mol. The van der Waals surface area contributed by atoms with Gasteiger partial charge in [0, 0.05) is 0 Å². The van der Waals surface area contributed by atoms with Gasteiger partial charge < -0.3 is 5.11 Å². The van der Waals surface area contributed by atoms with E-state index in [1.54, 1.807) is 0 Å². The van der Waals surface area contributed by atoms with Crippen LogP contribution in [0.4, 0.5) is 0 Å². The van der Waals surface area contributed by atoms with Crippen molar-refractivity contribution in [2.45, 2.75) is 64.7 Å². The van der Waals surface area contributed by atoms with Gasteiger partial charge in [-0.15, -0.1) is 0 Å². The van der Waals surface area contributed by atoms with Crippen molar-refractivity contribution in [3.8, 4) is 0 Å². The maximum absolute atomic E-state index is 12.0. The van der Waals surface area contributed by atoms with Crippen molar-refractivity contribution in [3.63, 3.8) is 0 Å². The van der Waals surface area contributed by atoms with Gasteiger partial charge in [-0.2, -0.15) is 0 Å². The molecule has 21 heavy (non-hydrogen) atoms. The van der Waals surface area contributed by atoms with Crippen LogP contribution in [0.1, 0.15) is 64.7 Å². The predicted molar refractivity (Wildman–Crippen MR) is 82.8 cm³/mol. The molecule has 3 saturated carbocycles. The third kappa shape index (κ3) is 1.74. The van der Waals surface area contributed by atoms with Gasteiger partial charge in [0.2, 0.25) is 0 Å². The van der Waals surface area contributed by atoms with Crippen LogP contribution in [0.2, 0.25) is 0 Å². The number of rotatable bonds is 1. The summed E-state index contributed by atoms with van der Waals surface area (Å²) in [6, 6.07) is 0. The maximum Gasteiger partial charge on any atom is 0.309 e. The number of carbonyl (C=O) groups is 1. The first-order valence-corrected chi connectivity index (χ1v) is 8.96. The highest BCUT2D eigenvalue weighted by Crippen LogP contribution is 2.65. The molecule has 4 rings (SSSR count). The molecule has 0 aromatic rings. The Labute approximate surface area is 128 Å². The van der Waals surface area contributed by atoms with Crippen LogP contribution in [0, 0.1) is 34.5 Å². The van der Waals surface area contributed by atoms with Crippen molar-refractivity contribution in [2.24, 2.45) is 34.5 Å². The first-order chi connectivity index (χ1) is 10.1. The summed E-state index contributed by atoms with van der Waals surface area (Å²) in [7, 11) is 0. The van der Waals surface area contributed by atoms with E-state index in [0.717, 1.165) is 37.5 Å². The fourth-order valence-electron chi connectivity index (χ4n) is 6.86. The standard InChI is InChI=1S/C19H28O2/c1-18-10-3-2-5-13(18)7-8-14-15(18)9-12-19(17(20)21)11-4-6-16(14)19/h2-3,13-16H,4-12H2,1H3,(H,20,21)/t13?,14-,15+,16+,18+,19-/m1/s1. The van der Waals surface area contributed by atoms with Gasteiger partial charge in [-0.05, 0) is 80.5 Å².